The van der Waals surface area contributed by atoms with E-state index in [4.69, 9.17) is 5.11 Å². The van der Waals surface area contributed by atoms with Crippen LogP contribution in [-0.4, -0.2) is 16.1 Å². The Morgan fingerprint density at radius 1 is 1.39 bits per heavy atom. The summed E-state index contributed by atoms with van der Waals surface area (Å²) in [6, 6.07) is 7.99. The van der Waals surface area contributed by atoms with Crippen LogP contribution >= 0.6 is 27.3 Å². The summed E-state index contributed by atoms with van der Waals surface area (Å²) in [5, 5.41) is 9.71. The van der Waals surface area contributed by atoms with Crippen LogP contribution in [0.1, 0.15) is 17.1 Å². The summed E-state index contributed by atoms with van der Waals surface area (Å²) in [4.78, 5) is 16.1. The van der Waals surface area contributed by atoms with Gasteiger partial charge in [0.05, 0.1) is 22.0 Å². The number of hydrogen-bond donors (Lipinski definition) is 1. The van der Waals surface area contributed by atoms with Crippen LogP contribution < -0.4 is 0 Å². The van der Waals surface area contributed by atoms with E-state index in [1.807, 2.05) is 31.2 Å². The topological polar surface area (TPSA) is 50.2 Å². The van der Waals surface area contributed by atoms with Crippen LogP contribution in [0.25, 0.3) is 10.4 Å². The smallest absolute Gasteiger partial charge is 0.303 e. The van der Waals surface area contributed by atoms with Gasteiger partial charge in [-0.2, -0.15) is 0 Å². The first-order valence-electron chi connectivity index (χ1n) is 5.50. The van der Waals surface area contributed by atoms with E-state index in [9.17, 15) is 4.79 Å². The van der Waals surface area contributed by atoms with E-state index < -0.39 is 5.97 Å². The lowest BCUT2D eigenvalue weighted by Crippen LogP contribution is -1.98. The molecule has 94 valence electrons. The van der Waals surface area contributed by atoms with E-state index in [2.05, 4.69) is 20.9 Å². The van der Waals surface area contributed by atoms with Gasteiger partial charge < -0.3 is 5.11 Å². The average Bonchev–Trinajstić information content (AvgIpc) is 2.69. The van der Waals surface area contributed by atoms with Crippen molar-refractivity contribution < 1.29 is 9.90 Å². The molecule has 0 radical (unpaired) electrons. The number of nitrogens with zero attached hydrogens (tertiary/aromatic N) is 1. The number of carbonyl (C=O) groups is 1. The number of halogens is 1. The predicted octanol–water partition coefficient (Wildman–Crippen LogP) is 3.90. The van der Waals surface area contributed by atoms with Crippen LogP contribution in [0.5, 0.6) is 0 Å². The van der Waals surface area contributed by atoms with E-state index in [1.54, 1.807) is 11.3 Å². The average molecular weight is 326 g/mol. The molecule has 0 aliphatic carbocycles. The highest BCUT2D eigenvalue weighted by atomic mass is 79.9. The Labute approximate surface area is 118 Å². The summed E-state index contributed by atoms with van der Waals surface area (Å²) < 4.78 is 1.03. The maximum absolute atomic E-state index is 10.6. The Morgan fingerprint density at radius 2 is 2.06 bits per heavy atom. The van der Waals surface area contributed by atoms with Gasteiger partial charge in [0.1, 0.15) is 0 Å². The van der Waals surface area contributed by atoms with E-state index in [0.29, 0.717) is 6.42 Å². The van der Waals surface area contributed by atoms with Gasteiger partial charge in [-0.25, -0.2) is 4.98 Å². The summed E-state index contributed by atoms with van der Waals surface area (Å²) in [6.45, 7) is 1.94. The van der Waals surface area contributed by atoms with Gasteiger partial charge >= 0.3 is 5.97 Å². The monoisotopic (exact) mass is 325 g/mol. The largest absolute Gasteiger partial charge is 0.481 e. The molecule has 0 saturated carbocycles. The van der Waals surface area contributed by atoms with Crippen molar-refractivity contribution in [3.63, 3.8) is 0 Å². The molecule has 1 N–H and O–H groups in total. The maximum Gasteiger partial charge on any atom is 0.303 e. The molecular formula is C13H12BrNO2S. The third kappa shape index (κ3) is 3.17. The lowest BCUT2D eigenvalue weighted by atomic mass is 10.1. The van der Waals surface area contributed by atoms with Crippen LogP contribution in [0.15, 0.2) is 28.7 Å². The van der Waals surface area contributed by atoms with E-state index in [1.165, 1.54) is 0 Å². The lowest BCUT2D eigenvalue weighted by molar-refractivity contribution is -0.136. The van der Waals surface area contributed by atoms with Crippen LogP contribution in [0.3, 0.4) is 0 Å². The Balaban J connectivity index is 2.31. The standard InChI is InChI=1S/C13H12BrNO2S/c1-8-15-11(6-7-12(16)17)13(18-8)9-2-4-10(14)5-3-9/h2-5H,6-7H2,1H3,(H,16,17). The second-order valence-corrected chi connectivity index (χ2v) is 6.03. The zero-order valence-corrected chi connectivity index (χ0v) is 12.2. The highest BCUT2D eigenvalue weighted by molar-refractivity contribution is 9.10. The van der Waals surface area contributed by atoms with Crippen LogP contribution in [0.4, 0.5) is 0 Å². The zero-order chi connectivity index (χ0) is 13.1. The van der Waals surface area contributed by atoms with Gasteiger partial charge in [0.25, 0.3) is 0 Å². The molecule has 0 aliphatic heterocycles. The molecule has 2 rings (SSSR count). The number of hydrogen-bond acceptors (Lipinski definition) is 3. The van der Waals surface area contributed by atoms with Gasteiger partial charge in [-0.1, -0.05) is 28.1 Å². The minimum atomic E-state index is -0.789. The molecule has 5 heteroatoms. The molecule has 0 amide bonds. The van der Waals surface area contributed by atoms with Crippen molar-refractivity contribution >= 4 is 33.2 Å². The van der Waals surface area contributed by atoms with Gasteiger partial charge in [0, 0.05) is 10.9 Å². The minimum absolute atomic E-state index is 0.118. The van der Waals surface area contributed by atoms with Gasteiger partial charge in [0.2, 0.25) is 0 Å². The Hall–Kier alpha value is -1.20. The third-order valence-electron chi connectivity index (χ3n) is 2.49. The molecule has 1 heterocycles. The molecule has 1 aromatic heterocycles. The second kappa shape index (κ2) is 5.63. The first kappa shape index (κ1) is 13.2. The molecule has 2 aromatic rings. The van der Waals surface area contributed by atoms with Crippen molar-refractivity contribution in [1.29, 1.82) is 0 Å². The fourth-order valence-corrected chi connectivity index (χ4v) is 2.93. The molecule has 18 heavy (non-hydrogen) atoms. The van der Waals surface area contributed by atoms with Gasteiger partial charge in [-0.3, -0.25) is 4.79 Å². The number of aromatic nitrogens is 1. The molecule has 0 atom stereocenters. The summed E-state index contributed by atoms with van der Waals surface area (Å²) >= 11 is 5.01. The lowest BCUT2D eigenvalue weighted by Gasteiger charge is -2.01. The predicted molar refractivity (Wildman–Crippen MR) is 75.9 cm³/mol. The van der Waals surface area contributed by atoms with Crippen molar-refractivity contribution in [2.45, 2.75) is 19.8 Å². The molecule has 1 aromatic carbocycles. The Morgan fingerprint density at radius 3 is 2.67 bits per heavy atom. The van der Waals surface area contributed by atoms with Crippen molar-refractivity contribution in [3.8, 4) is 10.4 Å². The molecule has 3 nitrogen and oxygen atoms in total. The summed E-state index contributed by atoms with van der Waals surface area (Å²) in [7, 11) is 0. The minimum Gasteiger partial charge on any atom is -0.481 e. The van der Waals surface area contributed by atoms with Crippen molar-refractivity contribution in [1.82, 2.24) is 4.98 Å². The van der Waals surface area contributed by atoms with Gasteiger partial charge in [-0.15, -0.1) is 11.3 Å². The first-order chi connectivity index (χ1) is 8.56. The number of thiazole rings is 1. The highest BCUT2D eigenvalue weighted by Gasteiger charge is 2.12. The van der Waals surface area contributed by atoms with E-state index >= 15 is 0 Å². The zero-order valence-electron chi connectivity index (χ0n) is 9.81. The summed E-state index contributed by atoms with van der Waals surface area (Å²) in [5.74, 6) is -0.789. The number of aliphatic carboxylic acids is 1. The molecular weight excluding hydrogens is 314 g/mol. The number of benzene rings is 1. The normalized spacial score (nSPS) is 10.6. The maximum atomic E-state index is 10.6. The van der Waals surface area contributed by atoms with Crippen molar-refractivity contribution in [2.75, 3.05) is 0 Å². The van der Waals surface area contributed by atoms with E-state index in [0.717, 1.165) is 25.6 Å². The fraction of sp³-hybridized carbons (Fsp3) is 0.231. The van der Waals surface area contributed by atoms with Crippen LogP contribution in [0.2, 0.25) is 0 Å². The number of aryl methyl sites for hydroxylation is 2. The van der Waals surface area contributed by atoms with Crippen LogP contribution in [0, 0.1) is 6.92 Å². The second-order valence-electron chi connectivity index (χ2n) is 3.91. The highest BCUT2D eigenvalue weighted by Crippen LogP contribution is 2.31. The van der Waals surface area contributed by atoms with Crippen molar-refractivity contribution in [3.05, 3.63) is 39.4 Å². The summed E-state index contributed by atoms with van der Waals surface area (Å²) in [5.41, 5.74) is 1.96. The number of carboxylic acid groups (broad SMARTS) is 1. The Kier molecular flexibility index (Phi) is 4.14. The fourth-order valence-electron chi connectivity index (χ4n) is 1.69. The van der Waals surface area contributed by atoms with Gasteiger partial charge in [0.15, 0.2) is 0 Å². The molecule has 0 spiro atoms. The van der Waals surface area contributed by atoms with Crippen LogP contribution in [-0.2, 0) is 11.2 Å². The third-order valence-corrected chi connectivity index (χ3v) is 4.08. The molecule has 0 aliphatic rings. The number of rotatable bonds is 4. The molecule has 0 bridgehead atoms. The van der Waals surface area contributed by atoms with E-state index in [-0.39, 0.29) is 6.42 Å². The SMILES string of the molecule is Cc1nc(CCC(=O)O)c(-c2ccc(Br)cc2)s1. The van der Waals surface area contributed by atoms with Crippen molar-refractivity contribution in [2.24, 2.45) is 0 Å². The quantitative estimate of drug-likeness (QED) is 0.927. The number of carboxylic acids is 1. The first-order valence-corrected chi connectivity index (χ1v) is 7.11. The molecule has 0 unspecified atom stereocenters. The summed E-state index contributed by atoms with van der Waals surface area (Å²) in [6.07, 6.45) is 0.595. The molecule has 0 fully saturated rings. The molecule has 0 saturated heterocycles. The Bertz CT molecular complexity index is 563. The van der Waals surface area contributed by atoms with Gasteiger partial charge in [-0.05, 0) is 24.6 Å².